The molecule has 0 aliphatic carbocycles. The maximum Gasteiger partial charge on any atom is 0.305 e. The van der Waals surface area contributed by atoms with E-state index in [1.54, 1.807) is 0 Å². The van der Waals surface area contributed by atoms with Gasteiger partial charge in [0.1, 0.15) is 77.0 Å². The van der Waals surface area contributed by atoms with Crippen LogP contribution in [-0.2, 0) is 94.4 Å². The van der Waals surface area contributed by atoms with Gasteiger partial charge in [-0.2, -0.15) is 0 Å². The number of imidazole rings is 1. The highest BCUT2D eigenvalue weighted by molar-refractivity contribution is 6.01. The van der Waals surface area contributed by atoms with Gasteiger partial charge in [-0.25, -0.2) is 13.8 Å². The van der Waals surface area contributed by atoms with E-state index in [9.17, 15) is 71.7 Å². The molecule has 0 radical (unpaired) electrons. The highest BCUT2D eigenvalue weighted by atomic mass is 19.1. The van der Waals surface area contributed by atoms with Crippen LogP contribution in [0.3, 0.4) is 0 Å². The minimum Gasteiger partial charge on any atom is -0.508 e. The Kier molecular flexibility index (Phi) is 24.0. The van der Waals surface area contributed by atoms with Gasteiger partial charge in [0.2, 0.25) is 65.0 Å². The first-order valence-electron chi connectivity index (χ1n) is 32.3. The molecule has 9 atom stereocenters. The number of aromatic amines is 3. The summed E-state index contributed by atoms with van der Waals surface area (Å²) in [6.07, 6.45) is 2.70. The summed E-state index contributed by atoms with van der Waals surface area (Å²) in [5.74, 6) is -14.7. The number of nitrogens with zero attached hydrogens (tertiary/aromatic N) is 2. The number of carbonyl (C=O) groups excluding carboxylic acids is 12. The summed E-state index contributed by atoms with van der Waals surface area (Å²) in [5.41, 5.74) is 6.48. The van der Waals surface area contributed by atoms with Gasteiger partial charge in [-0.15, -0.1) is 0 Å². The largest absolute Gasteiger partial charge is 0.508 e. The predicted octanol–water partition coefficient (Wildman–Crippen LogP) is -1.25. The van der Waals surface area contributed by atoms with Crippen LogP contribution in [0.2, 0.25) is 0 Å². The zero-order valence-electron chi connectivity index (χ0n) is 55.3. The van der Waals surface area contributed by atoms with Crippen LogP contribution in [0.25, 0.3) is 21.8 Å². The van der Waals surface area contributed by atoms with Crippen molar-refractivity contribution < 1.29 is 86.1 Å². The molecule has 12 amide bonds. The number of aliphatic carboxylic acids is 1. The molecule has 2 bridgehead atoms. The standard InChI is InChI=1S/C68H76F2N16O16/c1-34-60(94)76-31-56(89)80-50(21-38-27-73-47-15-9-40(69)23-45(38)47)61(95)81-51(22-39-28-74-48-16-10-41(70)24-46(39)48)62(96)83-53(26-58(91)92)64(98)82-52(25-42-29-72-33-77-42)63(97)84-54(20-36-5-11-43(88)12-6-36)66(100)86-18-4-17-68(86,3)67(101)85-49(59(71)93)19-37-7-13-44(14-8-37)102-32-57(90)75-30-55(65(99)78-34)79-35(2)87/h5-16,23-24,27-29,33-34,49-55,73-74,88H,4,17-22,25-26,30-32H2,1-3H3,(H2,71,93)(H,72,77)(H,75,90)(H,76,94)(H,78,99)(H,79,87)(H,80,89)(H,81,95)(H,82,98)(H,83,96)(H,84,97)(H,85,101)(H,91,92)/t34-,49-,50-,51-,52-,53+,54-,55-,68-/m0/s1. The SMILES string of the molecule is CC(=O)N[C@H]1CNC(=O)COc2ccc(cc2)C[C@@H](C(N)=O)NC(=O)[C@]2(C)CCCN2C(=O)[C@H](Cc2ccc(O)cc2)NC(=O)[C@H](Cc2cnc[nH]2)NC(=O)[C@@H](CC(=O)O)NC(=O)[C@H](Cc2c[nH]c3ccc(F)cc23)NC(=O)[C@H](Cc2c[nH]c3ccc(F)cc23)NC(=O)CNC(=O)[C@H](C)NC1=O. The topological polar surface area (TPSA) is 481 Å². The van der Waals surface area contributed by atoms with Crippen LogP contribution >= 0.6 is 0 Å². The van der Waals surface area contributed by atoms with E-state index in [1.807, 2.05) is 0 Å². The second-order valence-electron chi connectivity index (χ2n) is 25.0. The van der Waals surface area contributed by atoms with Gasteiger partial charge in [0.05, 0.1) is 19.3 Å². The Hall–Kier alpha value is -12.3. The number of aromatic hydroxyl groups is 1. The quantitative estimate of drug-likeness (QED) is 0.0636. The zero-order chi connectivity index (χ0) is 73.5. The van der Waals surface area contributed by atoms with Crippen molar-refractivity contribution >= 4 is 98.7 Å². The fourth-order valence-corrected chi connectivity index (χ4v) is 11.9. The maximum absolute atomic E-state index is 15.2. The number of primary amides is 1. The number of amides is 12. The van der Waals surface area contributed by atoms with Crippen molar-refractivity contribution in [3.63, 3.8) is 0 Å². The number of benzene rings is 4. The molecule has 102 heavy (non-hydrogen) atoms. The Balaban J connectivity index is 1.06. The lowest BCUT2D eigenvalue weighted by atomic mass is 9.94. The van der Waals surface area contributed by atoms with Crippen molar-refractivity contribution in [1.82, 2.24) is 78.0 Å². The Labute approximate surface area is 579 Å². The van der Waals surface area contributed by atoms with Crippen molar-refractivity contribution in [2.75, 3.05) is 26.2 Å². The minimum absolute atomic E-state index is 0.0420. The number of phenols is 1. The van der Waals surface area contributed by atoms with Crippen LogP contribution in [-0.4, -0.2) is 192 Å². The number of carbonyl (C=O) groups is 13. The molecule has 3 aliphatic heterocycles. The van der Waals surface area contributed by atoms with Crippen molar-refractivity contribution in [2.24, 2.45) is 5.73 Å². The molecule has 1 fully saturated rings. The van der Waals surface area contributed by atoms with Crippen molar-refractivity contribution in [2.45, 2.75) is 126 Å². The molecule has 538 valence electrons. The molecule has 3 aliphatic rings. The van der Waals surface area contributed by atoms with E-state index in [0.29, 0.717) is 22.2 Å². The summed E-state index contributed by atoms with van der Waals surface area (Å²) < 4.78 is 35.4. The fraction of sp³-hybridized carbons (Fsp3) is 0.353. The molecule has 34 heteroatoms. The summed E-state index contributed by atoms with van der Waals surface area (Å²) in [6.45, 7) is 1.77. The average Bonchev–Trinajstić information content (AvgIpc) is 1.59. The third kappa shape index (κ3) is 19.3. The number of nitrogens with one attached hydrogen (secondary N) is 13. The summed E-state index contributed by atoms with van der Waals surface area (Å²) >= 11 is 0. The molecule has 17 N–H and O–H groups in total. The van der Waals surface area contributed by atoms with Gasteiger partial charge in [0.25, 0.3) is 5.91 Å². The first-order chi connectivity index (χ1) is 48.6. The predicted molar refractivity (Wildman–Crippen MR) is 357 cm³/mol. The molecule has 0 unspecified atom stereocenters. The Morgan fingerprint density at radius 2 is 1.25 bits per heavy atom. The molecule has 32 nitrogen and oxygen atoms in total. The van der Waals surface area contributed by atoms with Crippen molar-refractivity contribution in [3.05, 3.63) is 149 Å². The molecule has 7 aromatic rings. The van der Waals surface area contributed by atoms with Gasteiger partial charge < -0.3 is 93.7 Å². The molecular formula is C68H76F2N16O16. The van der Waals surface area contributed by atoms with Gasteiger partial charge in [-0.3, -0.25) is 62.3 Å². The van der Waals surface area contributed by atoms with Gasteiger partial charge in [-0.1, -0.05) is 24.3 Å². The molecule has 4 aromatic carbocycles. The Morgan fingerprint density at radius 1 is 0.667 bits per heavy atom. The molecule has 10 rings (SSSR count). The van der Waals surface area contributed by atoms with E-state index in [2.05, 4.69) is 73.1 Å². The van der Waals surface area contributed by atoms with Crippen LogP contribution in [0.1, 0.15) is 68.0 Å². The molecule has 0 spiro atoms. The first-order valence-corrected chi connectivity index (χ1v) is 32.3. The third-order valence-corrected chi connectivity index (χ3v) is 17.4. The number of ether oxygens (including phenoxy) is 1. The number of phenolic OH excluding ortho intramolecular Hbond substituents is 1. The maximum atomic E-state index is 15.2. The van der Waals surface area contributed by atoms with E-state index < -0.39 is 188 Å². The van der Waals surface area contributed by atoms with Gasteiger partial charge in [0, 0.05) is 98.2 Å². The number of carboxylic acids is 1. The van der Waals surface area contributed by atoms with E-state index in [0.717, 1.165) is 25.1 Å². The highest BCUT2D eigenvalue weighted by Crippen LogP contribution is 2.32. The number of hydrogen-bond donors (Lipinski definition) is 16. The fourth-order valence-electron chi connectivity index (χ4n) is 11.9. The van der Waals surface area contributed by atoms with Crippen LogP contribution in [0.15, 0.2) is 110 Å². The summed E-state index contributed by atoms with van der Waals surface area (Å²) in [6, 6.07) is 5.81. The summed E-state index contributed by atoms with van der Waals surface area (Å²) in [4.78, 5) is 196. The number of rotatable bonds is 12. The van der Waals surface area contributed by atoms with Crippen molar-refractivity contribution in [1.29, 1.82) is 0 Å². The molecule has 6 heterocycles. The Morgan fingerprint density at radius 3 is 1.82 bits per heavy atom. The smallest absolute Gasteiger partial charge is 0.305 e. The third-order valence-electron chi connectivity index (χ3n) is 17.4. The highest BCUT2D eigenvalue weighted by Gasteiger charge is 2.49. The van der Waals surface area contributed by atoms with E-state index >= 15 is 9.59 Å². The molecule has 0 saturated carbocycles. The number of H-pyrrole nitrogens is 3. The van der Waals surface area contributed by atoms with E-state index in [-0.39, 0.29) is 71.3 Å². The lowest BCUT2D eigenvalue weighted by Gasteiger charge is -2.37. The lowest BCUT2D eigenvalue weighted by Crippen LogP contribution is -2.63. The van der Waals surface area contributed by atoms with Crippen LogP contribution in [0, 0.1) is 11.6 Å². The number of fused-ring (bicyclic) bond motifs is 34. The first kappa shape index (κ1) is 74.0. The van der Waals surface area contributed by atoms with Gasteiger partial charge >= 0.3 is 5.97 Å². The van der Waals surface area contributed by atoms with Crippen LogP contribution in [0.4, 0.5) is 8.78 Å². The molecular weight excluding hydrogens is 1330 g/mol. The number of hydrogen-bond acceptors (Lipinski definition) is 16. The number of aromatic nitrogens is 4. The van der Waals surface area contributed by atoms with E-state index in [4.69, 9.17) is 10.5 Å². The second kappa shape index (κ2) is 33.1. The monoisotopic (exact) mass is 1410 g/mol. The molecule has 1 saturated heterocycles. The second-order valence-corrected chi connectivity index (χ2v) is 25.0. The molecule has 3 aromatic heterocycles. The van der Waals surface area contributed by atoms with Crippen LogP contribution in [0.5, 0.6) is 11.5 Å². The summed E-state index contributed by atoms with van der Waals surface area (Å²) in [7, 11) is 0. The van der Waals surface area contributed by atoms with Crippen molar-refractivity contribution in [3.8, 4) is 11.5 Å². The van der Waals surface area contributed by atoms with Gasteiger partial charge in [0.15, 0.2) is 6.61 Å². The zero-order valence-corrected chi connectivity index (χ0v) is 55.3. The average molecular weight is 1410 g/mol. The Bertz CT molecular complexity index is 4320. The lowest BCUT2D eigenvalue weighted by molar-refractivity contribution is -0.147. The van der Waals surface area contributed by atoms with E-state index in [1.165, 1.54) is 110 Å². The summed E-state index contributed by atoms with van der Waals surface area (Å²) in [5, 5.41) is 45.9. The normalized spacial score (nSPS) is 23.1. The van der Waals surface area contributed by atoms with Crippen LogP contribution < -0.4 is 63.6 Å². The number of carboxylic acid groups (broad SMARTS) is 1. The number of halogens is 2. The minimum atomic E-state index is -2.09. The van der Waals surface area contributed by atoms with Gasteiger partial charge in [-0.05, 0) is 110 Å². The number of nitrogens with two attached hydrogens (primary N) is 1.